The van der Waals surface area contributed by atoms with Crippen LogP contribution in [0.15, 0.2) is 30.3 Å². The molecule has 6 nitrogen and oxygen atoms in total. The Kier molecular flexibility index (Phi) is 5.49. The number of carbonyl (C=O) groups excluding carboxylic acids is 2. The Morgan fingerprint density at radius 3 is 2.42 bits per heavy atom. The lowest BCUT2D eigenvalue weighted by molar-refractivity contribution is -0.151. The summed E-state index contributed by atoms with van der Waals surface area (Å²) in [6, 6.07) is 9.10. The molecule has 6 heteroatoms. The summed E-state index contributed by atoms with van der Waals surface area (Å²) in [5.74, 6) is -0.483. The molecule has 0 radical (unpaired) electrons. The number of ether oxygens (including phenoxy) is 2. The number of hydrogen-bond donors (Lipinski definition) is 1. The van der Waals surface area contributed by atoms with Crippen LogP contribution in [0.2, 0.25) is 0 Å². The largest absolute Gasteiger partial charge is 0.457 e. The first kappa shape index (κ1) is 18.3. The highest BCUT2D eigenvalue weighted by molar-refractivity contribution is 5.70. The number of likely N-dealkylation sites (tertiary alicyclic amines) is 1. The number of rotatable bonds is 3. The summed E-state index contributed by atoms with van der Waals surface area (Å²) in [7, 11) is 0. The van der Waals surface area contributed by atoms with Gasteiger partial charge in [-0.1, -0.05) is 30.3 Å². The topological polar surface area (TPSA) is 76.1 Å². The third-order valence-electron chi connectivity index (χ3n) is 3.76. The first-order valence-corrected chi connectivity index (χ1v) is 8.06. The maximum atomic E-state index is 12.5. The van der Waals surface area contributed by atoms with Crippen molar-refractivity contribution in [3.63, 3.8) is 0 Å². The molecule has 3 atom stereocenters. The molecule has 1 fully saturated rings. The van der Waals surface area contributed by atoms with Crippen molar-refractivity contribution in [1.29, 1.82) is 0 Å². The van der Waals surface area contributed by atoms with Crippen LogP contribution in [0.25, 0.3) is 0 Å². The van der Waals surface area contributed by atoms with Crippen LogP contribution >= 0.6 is 0 Å². The molecular weight excluding hydrogens is 310 g/mol. The zero-order valence-corrected chi connectivity index (χ0v) is 14.6. The van der Waals surface area contributed by atoms with Gasteiger partial charge in [0, 0.05) is 6.92 Å². The molecule has 1 N–H and O–H groups in total. The molecule has 1 saturated heterocycles. The zero-order valence-electron chi connectivity index (χ0n) is 14.6. The predicted octanol–water partition coefficient (Wildman–Crippen LogP) is 2.14. The second kappa shape index (κ2) is 7.21. The monoisotopic (exact) mass is 335 g/mol. The summed E-state index contributed by atoms with van der Waals surface area (Å²) in [6.07, 6.45) is -1.75. The number of esters is 1. The molecule has 2 rings (SSSR count). The lowest BCUT2D eigenvalue weighted by atomic mass is 10.0. The highest BCUT2D eigenvalue weighted by atomic mass is 16.6. The SMILES string of the molecule is CC(=O)O[C@H]1[C@H](O)CN(C(=O)OC(C)(C)C)[C@H]1Cc1ccccc1. The normalized spacial score (nSPS) is 23.9. The summed E-state index contributed by atoms with van der Waals surface area (Å²) in [5, 5.41) is 10.3. The van der Waals surface area contributed by atoms with E-state index in [1.54, 1.807) is 20.8 Å². The molecular formula is C18H25NO5. The summed E-state index contributed by atoms with van der Waals surface area (Å²) in [6.45, 7) is 6.72. The van der Waals surface area contributed by atoms with Gasteiger partial charge < -0.3 is 14.6 Å². The van der Waals surface area contributed by atoms with Crippen LogP contribution in [0.5, 0.6) is 0 Å². The van der Waals surface area contributed by atoms with E-state index in [4.69, 9.17) is 9.47 Å². The van der Waals surface area contributed by atoms with Crippen LogP contribution in [-0.4, -0.2) is 52.5 Å². The third-order valence-corrected chi connectivity index (χ3v) is 3.76. The van der Waals surface area contributed by atoms with Crippen LogP contribution in [0, 0.1) is 0 Å². The van der Waals surface area contributed by atoms with Crippen LogP contribution in [0.1, 0.15) is 33.3 Å². The fraction of sp³-hybridized carbons (Fsp3) is 0.556. The number of aliphatic hydroxyl groups excluding tert-OH is 1. The fourth-order valence-electron chi connectivity index (χ4n) is 2.84. The Hall–Kier alpha value is -2.08. The average molecular weight is 335 g/mol. The molecule has 1 amide bonds. The summed E-state index contributed by atoms with van der Waals surface area (Å²) < 4.78 is 10.7. The lowest BCUT2D eigenvalue weighted by Gasteiger charge is -2.30. The van der Waals surface area contributed by atoms with Crippen molar-refractivity contribution in [2.24, 2.45) is 0 Å². The molecule has 0 spiro atoms. The average Bonchev–Trinajstić information content (AvgIpc) is 2.75. The number of β-amino-alcohol motifs (C(OH)–C–C–N with tert-alkyl or cyclic N) is 1. The van der Waals surface area contributed by atoms with E-state index in [0.717, 1.165) is 5.56 Å². The molecule has 132 valence electrons. The van der Waals surface area contributed by atoms with Gasteiger partial charge in [-0.25, -0.2) is 4.79 Å². The van der Waals surface area contributed by atoms with E-state index >= 15 is 0 Å². The van der Waals surface area contributed by atoms with Crippen molar-refractivity contribution in [1.82, 2.24) is 4.90 Å². The number of nitrogens with zero attached hydrogens (tertiary/aromatic N) is 1. The van der Waals surface area contributed by atoms with Gasteiger partial charge >= 0.3 is 12.1 Å². The van der Waals surface area contributed by atoms with Crippen LogP contribution in [-0.2, 0) is 20.7 Å². The van der Waals surface area contributed by atoms with Crippen LogP contribution in [0.4, 0.5) is 4.79 Å². The minimum atomic E-state index is -0.935. The molecule has 24 heavy (non-hydrogen) atoms. The highest BCUT2D eigenvalue weighted by Gasteiger charge is 2.46. The maximum Gasteiger partial charge on any atom is 0.410 e. The molecule has 1 aliphatic heterocycles. The molecule has 0 bridgehead atoms. The Morgan fingerprint density at radius 2 is 1.88 bits per heavy atom. The van der Waals surface area contributed by atoms with Crippen molar-refractivity contribution in [3.8, 4) is 0 Å². The fourth-order valence-corrected chi connectivity index (χ4v) is 2.84. The van der Waals surface area contributed by atoms with Gasteiger partial charge in [0.15, 0.2) is 0 Å². The second-order valence-electron chi connectivity index (χ2n) is 7.03. The highest BCUT2D eigenvalue weighted by Crippen LogP contribution is 2.27. The van der Waals surface area contributed by atoms with Crippen LogP contribution in [0.3, 0.4) is 0 Å². The van der Waals surface area contributed by atoms with E-state index in [2.05, 4.69) is 0 Å². The van der Waals surface area contributed by atoms with Gasteiger partial charge in [0.1, 0.15) is 17.8 Å². The van der Waals surface area contributed by atoms with E-state index in [1.165, 1.54) is 11.8 Å². The molecule has 1 heterocycles. The number of amides is 1. The molecule has 0 saturated carbocycles. The third kappa shape index (κ3) is 4.71. The first-order chi connectivity index (χ1) is 11.2. The Morgan fingerprint density at radius 1 is 1.25 bits per heavy atom. The van der Waals surface area contributed by atoms with Gasteiger partial charge in [0.25, 0.3) is 0 Å². The van der Waals surface area contributed by atoms with Crippen molar-refractivity contribution >= 4 is 12.1 Å². The van der Waals surface area contributed by atoms with Gasteiger partial charge in [0.05, 0.1) is 12.6 Å². The van der Waals surface area contributed by atoms with Crippen molar-refractivity contribution in [2.45, 2.75) is 58.0 Å². The number of hydrogen-bond acceptors (Lipinski definition) is 5. The van der Waals surface area contributed by atoms with Crippen LogP contribution < -0.4 is 0 Å². The van der Waals surface area contributed by atoms with Gasteiger partial charge in [-0.2, -0.15) is 0 Å². The number of aliphatic hydroxyl groups is 1. The van der Waals surface area contributed by atoms with Gasteiger partial charge in [-0.3, -0.25) is 9.69 Å². The zero-order chi connectivity index (χ0) is 17.9. The van der Waals surface area contributed by atoms with Gasteiger partial charge in [0.2, 0.25) is 0 Å². The molecule has 0 aliphatic carbocycles. The second-order valence-corrected chi connectivity index (χ2v) is 7.03. The molecule has 0 aromatic heterocycles. The Balaban J connectivity index is 2.23. The lowest BCUT2D eigenvalue weighted by Crippen LogP contribution is -2.45. The van der Waals surface area contributed by atoms with Gasteiger partial charge in [-0.15, -0.1) is 0 Å². The van der Waals surface area contributed by atoms with E-state index in [1.807, 2.05) is 30.3 Å². The van der Waals surface area contributed by atoms with Crippen molar-refractivity contribution < 1.29 is 24.2 Å². The van der Waals surface area contributed by atoms with Crippen molar-refractivity contribution in [3.05, 3.63) is 35.9 Å². The van der Waals surface area contributed by atoms with E-state index in [-0.39, 0.29) is 6.54 Å². The molecule has 1 aliphatic rings. The molecule has 0 unspecified atom stereocenters. The van der Waals surface area contributed by atoms with E-state index in [9.17, 15) is 14.7 Å². The Labute approximate surface area is 142 Å². The summed E-state index contributed by atoms with van der Waals surface area (Å²) >= 11 is 0. The quantitative estimate of drug-likeness (QED) is 0.857. The van der Waals surface area contributed by atoms with Crippen molar-refractivity contribution in [2.75, 3.05) is 6.54 Å². The summed E-state index contributed by atoms with van der Waals surface area (Å²) in [5.41, 5.74) is 0.348. The summed E-state index contributed by atoms with van der Waals surface area (Å²) in [4.78, 5) is 25.3. The minimum Gasteiger partial charge on any atom is -0.457 e. The first-order valence-electron chi connectivity index (χ1n) is 8.06. The van der Waals surface area contributed by atoms with Gasteiger partial charge in [-0.05, 0) is 32.8 Å². The molecule has 1 aromatic rings. The molecule has 1 aromatic carbocycles. The van der Waals surface area contributed by atoms with E-state index < -0.39 is 35.9 Å². The standard InChI is InChI=1S/C18H25NO5/c1-12(20)23-16-14(10-13-8-6-5-7-9-13)19(11-15(16)21)17(22)24-18(2,3)4/h5-9,14-16,21H,10-11H2,1-4H3/t14-,15+,16+/m0/s1. The predicted molar refractivity (Wildman–Crippen MR) is 88.4 cm³/mol. The maximum absolute atomic E-state index is 12.5. The van der Waals surface area contributed by atoms with E-state index in [0.29, 0.717) is 6.42 Å². The minimum absolute atomic E-state index is 0.0738. The Bertz CT molecular complexity index is 581. The number of benzene rings is 1. The number of carbonyl (C=O) groups is 2. The smallest absolute Gasteiger partial charge is 0.410 e.